The number of thioether (sulfide) groups is 2. The molecule has 1 saturated heterocycles. The first-order valence-corrected chi connectivity index (χ1v) is 18.9. The van der Waals surface area contributed by atoms with E-state index in [0.717, 1.165) is 52.3 Å². The number of aromatic hydroxyl groups is 2. The molecule has 6 rings (SSSR count). The van der Waals surface area contributed by atoms with Crippen molar-refractivity contribution in [3.8, 4) is 17.2 Å². The first-order chi connectivity index (χ1) is 27.6. The van der Waals surface area contributed by atoms with E-state index in [-0.39, 0.29) is 51.0 Å². The zero-order valence-electron chi connectivity index (χ0n) is 30.1. The highest BCUT2D eigenvalue weighted by Gasteiger charge is 2.67. The Morgan fingerprint density at radius 1 is 1.05 bits per heavy atom. The summed E-state index contributed by atoms with van der Waals surface area (Å²) >= 11 is 2.00. The molecule has 0 radical (unpaired) electrons. The standard InChI is InChI=1S/C34H32N8O14S2/c1-3-40-10-19(27(49)18-8-21(43)22(44)9-20(18)40)28(50)35-25(15-4-6-17(7-5-15)56-12-24(47)48)29(51)36-34(55-2)31(54)42-26(30(52)53)16(13-57-32(34)42)14-58-33-37-38-39-41(33)11-23(45)46/h4-10,25,32,43-44H,3,11-14H2,1-2H3,(H,35,50)(H,36,51)(H,45,46)(H,47,48)(H,52,53)/t25?,32-,34+/m1/s1. The maximum absolute atomic E-state index is 14.3. The number of phenolic OH excluding ortho intramolecular Hbond substituents is 2. The van der Waals surface area contributed by atoms with Crippen LogP contribution in [0.2, 0.25) is 0 Å². The van der Waals surface area contributed by atoms with E-state index in [9.17, 15) is 48.9 Å². The molecule has 2 aromatic heterocycles. The molecule has 2 aliphatic heterocycles. The van der Waals surface area contributed by atoms with Crippen LogP contribution < -0.4 is 20.8 Å². The van der Waals surface area contributed by atoms with Crippen LogP contribution in [0, 0.1) is 0 Å². The summed E-state index contributed by atoms with van der Waals surface area (Å²) in [4.78, 5) is 91.5. The van der Waals surface area contributed by atoms with Crippen LogP contribution in [-0.4, -0.2) is 127 Å². The zero-order valence-corrected chi connectivity index (χ0v) is 31.8. The fraction of sp³-hybridized carbons (Fsp3) is 0.294. The van der Waals surface area contributed by atoms with Gasteiger partial charge in [-0.15, -0.1) is 16.9 Å². The highest BCUT2D eigenvalue weighted by atomic mass is 32.2. The van der Waals surface area contributed by atoms with Gasteiger partial charge in [0.25, 0.3) is 17.5 Å². The van der Waals surface area contributed by atoms with E-state index in [1.807, 2.05) is 0 Å². The number of carbonyl (C=O) groups is 6. The van der Waals surface area contributed by atoms with Crippen molar-refractivity contribution in [2.24, 2.45) is 0 Å². The maximum atomic E-state index is 14.3. The zero-order chi connectivity index (χ0) is 42.1. The molecule has 24 heteroatoms. The molecule has 4 heterocycles. The fourth-order valence-electron chi connectivity index (χ4n) is 6.24. The lowest BCUT2D eigenvalue weighted by molar-refractivity contribution is -0.192. The lowest BCUT2D eigenvalue weighted by atomic mass is 9.96. The number of aryl methyl sites for hydroxylation is 1. The molecule has 2 aliphatic rings. The third-order valence-electron chi connectivity index (χ3n) is 8.98. The quantitative estimate of drug-likeness (QED) is 0.0336. The molecule has 58 heavy (non-hydrogen) atoms. The van der Waals surface area contributed by atoms with E-state index >= 15 is 0 Å². The molecular formula is C34H32N8O14S2. The first kappa shape index (κ1) is 41.0. The summed E-state index contributed by atoms with van der Waals surface area (Å²) in [5.41, 5.74) is -3.30. The predicted molar refractivity (Wildman–Crippen MR) is 199 cm³/mol. The number of amides is 3. The van der Waals surface area contributed by atoms with Crippen LogP contribution in [0.3, 0.4) is 0 Å². The number of nitrogens with one attached hydrogen (secondary N) is 2. The number of aromatic nitrogens is 5. The van der Waals surface area contributed by atoms with Gasteiger partial charge in [0.15, 0.2) is 18.1 Å². The molecule has 304 valence electrons. The van der Waals surface area contributed by atoms with Crippen molar-refractivity contribution in [2.45, 2.75) is 42.3 Å². The number of aliphatic carboxylic acids is 3. The van der Waals surface area contributed by atoms with Crippen molar-refractivity contribution >= 4 is 70.1 Å². The van der Waals surface area contributed by atoms with Gasteiger partial charge >= 0.3 is 17.9 Å². The number of tetrazole rings is 1. The van der Waals surface area contributed by atoms with Crippen molar-refractivity contribution in [2.75, 3.05) is 25.2 Å². The third kappa shape index (κ3) is 7.70. The van der Waals surface area contributed by atoms with E-state index in [1.165, 1.54) is 35.0 Å². The normalized spacial score (nSPS) is 17.9. The van der Waals surface area contributed by atoms with Gasteiger partial charge in [0.1, 0.15) is 35.0 Å². The fourth-order valence-corrected chi connectivity index (χ4v) is 8.69. The molecule has 3 atom stereocenters. The summed E-state index contributed by atoms with van der Waals surface area (Å²) in [6, 6.07) is 5.80. The summed E-state index contributed by atoms with van der Waals surface area (Å²) in [6.07, 6.45) is 1.21. The van der Waals surface area contributed by atoms with Gasteiger partial charge in [-0.1, -0.05) is 23.9 Å². The van der Waals surface area contributed by atoms with Crippen LogP contribution in [0.4, 0.5) is 0 Å². The first-order valence-electron chi connectivity index (χ1n) is 16.8. The molecule has 0 aliphatic carbocycles. The number of benzene rings is 2. The van der Waals surface area contributed by atoms with E-state index in [4.69, 9.17) is 19.7 Å². The molecule has 0 spiro atoms. The minimum atomic E-state index is -2.16. The SMILES string of the molecule is CCn1cc(C(=O)NC(C(=O)N[C@]2(OC)C(=O)N3C(C(=O)O)=C(CSc4nnnn4CC(=O)O)CS[C@@H]32)c2ccc(OCC(=O)O)cc2)c(=O)c2cc(O)c(O)cc21. The average molecular weight is 841 g/mol. The molecule has 0 saturated carbocycles. The second kappa shape index (κ2) is 16.4. The van der Waals surface area contributed by atoms with Crippen molar-refractivity contribution in [3.63, 3.8) is 0 Å². The van der Waals surface area contributed by atoms with Gasteiger partial charge in [0.05, 0.1) is 10.9 Å². The second-order valence-electron chi connectivity index (χ2n) is 12.5. The number of carboxylic acid groups (broad SMARTS) is 3. The molecule has 7 N–H and O–H groups in total. The number of hydrogen-bond acceptors (Lipinski definition) is 16. The van der Waals surface area contributed by atoms with Gasteiger partial charge < -0.3 is 50.2 Å². The summed E-state index contributed by atoms with van der Waals surface area (Å²) in [5.74, 6) is -8.03. The number of phenols is 2. The Hall–Kier alpha value is -6.66. The van der Waals surface area contributed by atoms with Crippen molar-refractivity contribution < 1.29 is 63.8 Å². The van der Waals surface area contributed by atoms with Gasteiger partial charge in [0.2, 0.25) is 16.5 Å². The number of pyridine rings is 1. The van der Waals surface area contributed by atoms with Crippen LogP contribution in [0.5, 0.6) is 17.2 Å². The minimum Gasteiger partial charge on any atom is -0.504 e. The largest absolute Gasteiger partial charge is 0.504 e. The molecule has 3 amide bonds. The Kier molecular flexibility index (Phi) is 11.6. The van der Waals surface area contributed by atoms with Crippen LogP contribution in [-0.2, 0) is 41.8 Å². The molecule has 4 aromatic rings. The van der Waals surface area contributed by atoms with Crippen molar-refractivity contribution in [3.05, 3.63) is 75.2 Å². The smallest absolute Gasteiger partial charge is 0.352 e. The number of methoxy groups -OCH3 is 1. The molecule has 1 unspecified atom stereocenters. The number of carbonyl (C=O) groups excluding carboxylic acids is 3. The Morgan fingerprint density at radius 2 is 1.76 bits per heavy atom. The van der Waals surface area contributed by atoms with Crippen LogP contribution in [0.25, 0.3) is 10.9 Å². The Balaban J connectivity index is 1.30. The summed E-state index contributed by atoms with van der Waals surface area (Å²) in [7, 11) is 1.12. The van der Waals surface area contributed by atoms with E-state index in [1.54, 1.807) is 6.92 Å². The van der Waals surface area contributed by atoms with Gasteiger partial charge in [-0.3, -0.25) is 28.9 Å². The lowest BCUT2D eigenvalue weighted by Crippen LogP contribution is -2.81. The lowest BCUT2D eigenvalue weighted by Gasteiger charge is -2.56. The van der Waals surface area contributed by atoms with E-state index in [0.29, 0.717) is 0 Å². The van der Waals surface area contributed by atoms with Crippen molar-refractivity contribution in [1.29, 1.82) is 0 Å². The third-order valence-corrected chi connectivity index (χ3v) is 11.4. The number of fused-ring (bicyclic) bond motifs is 2. The van der Waals surface area contributed by atoms with Gasteiger partial charge in [-0.25, -0.2) is 14.3 Å². The van der Waals surface area contributed by atoms with Gasteiger partial charge in [-0.05, 0) is 46.7 Å². The number of nitrogens with zero attached hydrogens (tertiary/aromatic N) is 6. The number of hydrogen-bond donors (Lipinski definition) is 7. The molecule has 22 nitrogen and oxygen atoms in total. The molecule has 1 fully saturated rings. The number of rotatable bonds is 16. The Bertz CT molecular complexity index is 2450. The minimum absolute atomic E-state index is 0.0154. The summed E-state index contributed by atoms with van der Waals surface area (Å²) in [6.45, 7) is 0.694. The Morgan fingerprint density at radius 3 is 2.40 bits per heavy atom. The topological polar surface area (TPSA) is 315 Å². The summed E-state index contributed by atoms with van der Waals surface area (Å²) < 4.78 is 13.2. The number of β-lactam (4-membered cyclic amide) rings is 1. The second-order valence-corrected chi connectivity index (χ2v) is 14.5. The number of ether oxygens (including phenoxy) is 2. The van der Waals surface area contributed by atoms with E-state index < -0.39 is 94.1 Å². The average Bonchev–Trinajstić information content (AvgIpc) is 3.63. The van der Waals surface area contributed by atoms with Crippen LogP contribution >= 0.6 is 23.5 Å². The van der Waals surface area contributed by atoms with E-state index in [2.05, 4.69) is 26.2 Å². The highest BCUT2D eigenvalue weighted by molar-refractivity contribution is 8.01. The van der Waals surface area contributed by atoms with Crippen molar-refractivity contribution in [1.82, 2.24) is 40.3 Å². The predicted octanol–water partition coefficient (Wildman–Crippen LogP) is -0.0568. The van der Waals surface area contributed by atoms with Gasteiger partial charge in [0, 0.05) is 37.4 Å². The maximum Gasteiger partial charge on any atom is 0.352 e. The molecule has 0 bridgehead atoms. The number of carboxylic acids is 3. The summed E-state index contributed by atoms with van der Waals surface area (Å²) in [5, 5.41) is 63.2. The monoisotopic (exact) mass is 840 g/mol. The Labute approximate surface area is 333 Å². The molecular weight excluding hydrogens is 809 g/mol. The molecule has 2 aromatic carbocycles. The van der Waals surface area contributed by atoms with Crippen LogP contribution in [0.15, 0.2) is 63.8 Å². The highest BCUT2D eigenvalue weighted by Crippen LogP contribution is 2.47. The van der Waals surface area contributed by atoms with Crippen LogP contribution in [0.1, 0.15) is 28.9 Å². The van der Waals surface area contributed by atoms with Gasteiger partial charge in [-0.2, -0.15) is 0 Å².